The molecular formula is C27H33N3O. The molecule has 0 bridgehead atoms. The van der Waals surface area contributed by atoms with E-state index >= 15 is 0 Å². The first-order chi connectivity index (χ1) is 15.1. The van der Waals surface area contributed by atoms with Gasteiger partial charge in [-0.15, -0.1) is 0 Å². The summed E-state index contributed by atoms with van der Waals surface area (Å²) in [7, 11) is 0. The average Bonchev–Trinajstić information content (AvgIpc) is 2.93. The van der Waals surface area contributed by atoms with Gasteiger partial charge in [-0.25, -0.2) is 0 Å². The molecular weight excluding hydrogens is 382 g/mol. The highest BCUT2D eigenvalue weighted by molar-refractivity contribution is 5.84. The molecule has 2 N–H and O–H groups in total. The number of aryl methyl sites for hydroxylation is 4. The van der Waals surface area contributed by atoms with Crippen LogP contribution < -0.4 is 5.48 Å². The highest BCUT2D eigenvalue weighted by Crippen LogP contribution is 2.38. The van der Waals surface area contributed by atoms with Crippen molar-refractivity contribution < 1.29 is 5.21 Å². The van der Waals surface area contributed by atoms with Gasteiger partial charge in [-0.05, 0) is 80.4 Å². The summed E-state index contributed by atoms with van der Waals surface area (Å²) in [6, 6.07) is 9.26. The number of nitrogens with zero attached hydrogens (tertiary/aromatic N) is 2. The molecule has 2 aromatic rings. The number of rotatable bonds is 4. The van der Waals surface area contributed by atoms with Crippen molar-refractivity contribution in [3.63, 3.8) is 0 Å². The van der Waals surface area contributed by atoms with Crippen molar-refractivity contribution in [1.82, 2.24) is 15.4 Å². The number of pyridine rings is 1. The number of nitrogens with one attached hydrogen (secondary N) is 1. The second kappa shape index (κ2) is 9.63. The molecule has 0 atom stereocenters. The van der Waals surface area contributed by atoms with E-state index in [0.29, 0.717) is 0 Å². The fraction of sp³-hybridized carbons (Fsp3) is 0.370. The fourth-order valence-corrected chi connectivity index (χ4v) is 4.85. The molecule has 1 aliphatic heterocycles. The van der Waals surface area contributed by atoms with E-state index in [4.69, 9.17) is 10.2 Å². The number of likely N-dealkylation sites (tertiary alicyclic amines) is 1. The molecule has 31 heavy (non-hydrogen) atoms. The topological polar surface area (TPSA) is 48.4 Å². The van der Waals surface area contributed by atoms with Gasteiger partial charge in [0.2, 0.25) is 0 Å². The third-order valence-corrected chi connectivity index (χ3v) is 6.50. The highest BCUT2D eigenvalue weighted by atomic mass is 16.5. The van der Waals surface area contributed by atoms with Gasteiger partial charge in [-0.2, -0.15) is 0 Å². The molecule has 0 saturated carbocycles. The molecule has 1 aromatic carbocycles. The molecule has 1 aliphatic carbocycles. The van der Waals surface area contributed by atoms with Gasteiger partial charge in [0.25, 0.3) is 0 Å². The number of hydrogen-bond donors (Lipinski definition) is 2. The van der Waals surface area contributed by atoms with Crippen molar-refractivity contribution in [1.29, 1.82) is 0 Å². The maximum Gasteiger partial charge on any atom is 0.0739 e. The van der Waals surface area contributed by atoms with Crippen molar-refractivity contribution in [2.45, 2.75) is 46.5 Å². The third-order valence-electron chi connectivity index (χ3n) is 6.50. The summed E-state index contributed by atoms with van der Waals surface area (Å²) in [4.78, 5) is 7.45. The van der Waals surface area contributed by atoms with E-state index in [1.54, 1.807) is 6.20 Å². The van der Waals surface area contributed by atoms with E-state index < -0.39 is 0 Å². The number of fused-ring (bicyclic) bond motifs is 2. The maximum atomic E-state index is 8.82. The number of aromatic nitrogens is 1. The number of hydroxylamine groups is 1. The van der Waals surface area contributed by atoms with Crippen LogP contribution in [0.3, 0.4) is 0 Å². The Balaban J connectivity index is 1.66. The quantitative estimate of drug-likeness (QED) is 0.537. The van der Waals surface area contributed by atoms with Gasteiger partial charge >= 0.3 is 0 Å². The Labute approximate surface area is 186 Å². The van der Waals surface area contributed by atoms with Gasteiger partial charge < -0.3 is 0 Å². The number of piperidine rings is 1. The summed E-state index contributed by atoms with van der Waals surface area (Å²) in [6.07, 6.45) is 11.9. The van der Waals surface area contributed by atoms with Crippen LogP contribution in [-0.4, -0.2) is 34.7 Å². The molecule has 1 saturated heterocycles. The van der Waals surface area contributed by atoms with Crippen molar-refractivity contribution in [3.05, 3.63) is 93.5 Å². The van der Waals surface area contributed by atoms with Gasteiger partial charge in [0.15, 0.2) is 0 Å². The van der Waals surface area contributed by atoms with Crippen LogP contribution in [0.5, 0.6) is 0 Å². The molecule has 1 fully saturated rings. The Morgan fingerprint density at radius 3 is 2.55 bits per heavy atom. The largest absolute Gasteiger partial charge is 0.298 e. The molecule has 162 valence electrons. The zero-order chi connectivity index (χ0) is 21.8. The maximum absolute atomic E-state index is 8.82. The van der Waals surface area contributed by atoms with E-state index in [1.165, 1.54) is 50.2 Å². The Hall–Kier alpha value is -2.69. The molecule has 4 rings (SSSR count). The van der Waals surface area contributed by atoms with Crippen molar-refractivity contribution >= 4 is 5.57 Å². The molecule has 4 nitrogen and oxygen atoms in total. The van der Waals surface area contributed by atoms with Crippen LogP contribution in [0.1, 0.15) is 53.3 Å². The molecule has 0 unspecified atom stereocenters. The Morgan fingerprint density at radius 1 is 1.06 bits per heavy atom. The first kappa shape index (κ1) is 21.5. The second-order valence-electron chi connectivity index (χ2n) is 8.76. The zero-order valence-electron chi connectivity index (χ0n) is 18.9. The van der Waals surface area contributed by atoms with E-state index in [0.717, 1.165) is 45.3 Å². The summed E-state index contributed by atoms with van der Waals surface area (Å²) in [5.74, 6) is 0. The number of benzene rings is 1. The normalized spacial score (nSPS) is 17.5. The lowest BCUT2D eigenvalue weighted by Crippen LogP contribution is -2.32. The van der Waals surface area contributed by atoms with Gasteiger partial charge in [-0.3, -0.25) is 20.6 Å². The average molecular weight is 416 g/mol. The van der Waals surface area contributed by atoms with Crippen LogP contribution in [0.4, 0.5) is 0 Å². The summed E-state index contributed by atoms with van der Waals surface area (Å²) in [6.45, 7) is 9.36. The summed E-state index contributed by atoms with van der Waals surface area (Å²) >= 11 is 0. The molecule has 1 aromatic heterocycles. The van der Waals surface area contributed by atoms with Gasteiger partial charge in [0.05, 0.1) is 5.69 Å². The molecule has 0 radical (unpaired) electrons. The predicted molar refractivity (Wildman–Crippen MR) is 127 cm³/mol. The lowest BCUT2D eigenvalue weighted by molar-refractivity contribution is 0.214. The number of allylic oxidation sites excluding steroid dienone is 1. The highest BCUT2D eigenvalue weighted by Gasteiger charge is 2.25. The van der Waals surface area contributed by atoms with Crippen LogP contribution >= 0.6 is 0 Å². The minimum atomic E-state index is 0.904. The van der Waals surface area contributed by atoms with E-state index in [2.05, 4.69) is 54.6 Å². The van der Waals surface area contributed by atoms with Crippen molar-refractivity contribution in [3.8, 4) is 0 Å². The van der Waals surface area contributed by atoms with E-state index in [-0.39, 0.29) is 0 Å². The number of hydrogen-bond acceptors (Lipinski definition) is 4. The Kier molecular flexibility index (Phi) is 6.69. The molecule has 2 heterocycles. The van der Waals surface area contributed by atoms with E-state index in [1.807, 2.05) is 19.2 Å². The molecule has 0 amide bonds. The van der Waals surface area contributed by atoms with Crippen LogP contribution in [0.25, 0.3) is 5.57 Å². The third kappa shape index (κ3) is 4.81. The van der Waals surface area contributed by atoms with Crippen LogP contribution in [0, 0.1) is 13.8 Å². The van der Waals surface area contributed by atoms with Crippen molar-refractivity contribution in [2.24, 2.45) is 0 Å². The smallest absolute Gasteiger partial charge is 0.0739 e. The van der Waals surface area contributed by atoms with Gasteiger partial charge in [0.1, 0.15) is 0 Å². The minimum Gasteiger partial charge on any atom is -0.298 e. The first-order valence-corrected chi connectivity index (χ1v) is 11.3. The first-order valence-electron chi connectivity index (χ1n) is 11.3. The second-order valence-corrected chi connectivity index (χ2v) is 8.76. The molecule has 0 spiro atoms. The molecule has 2 aliphatic rings. The predicted octanol–water partition coefficient (Wildman–Crippen LogP) is 5.13. The lowest BCUT2D eigenvalue weighted by Gasteiger charge is -2.30. The summed E-state index contributed by atoms with van der Waals surface area (Å²) in [5, 5.41) is 8.82. The minimum absolute atomic E-state index is 0.904. The van der Waals surface area contributed by atoms with Crippen LogP contribution in [0.15, 0.2) is 60.0 Å². The van der Waals surface area contributed by atoms with E-state index in [9.17, 15) is 0 Å². The Morgan fingerprint density at radius 2 is 1.81 bits per heavy atom. The SMILES string of the molecule is C/C=C(\C=C/NO)CN1CCC(=C2c3ccc(C)cc3CCc3cc(C)cnc32)CC1. The Bertz CT molecular complexity index is 983. The van der Waals surface area contributed by atoms with Gasteiger partial charge in [-0.1, -0.05) is 41.5 Å². The summed E-state index contributed by atoms with van der Waals surface area (Å²) < 4.78 is 0. The van der Waals surface area contributed by atoms with Gasteiger partial charge in [0, 0.05) is 37.6 Å². The standard InChI is InChI=1S/C27H33N3O/c1-4-21(9-12-29-31)18-30-13-10-22(11-14-30)26-25-8-5-19(2)15-23(25)6-7-24-16-20(3)17-28-27(24)26/h4-5,8-9,12,15-17,29,31H,6-7,10-11,13-14,18H2,1-3H3/b12-9-,21-4+. The van der Waals surface area contributed by atoms with Crippen LogP contribution in [0.2, 0.25) is 0 Å². The summed E-state index contributed by atoms with van der Waals surface area (Å²) in [5.41, 5.74) is 14.2. The lowest BCUT2D eigenvalue weighted by atomic mass is 9.88. The monoisotopic (exact) mass is 415 g/mol. The fourth-order valence-electron chi connectivity index (χ4n) is 4.85. The van der Waals surface area contributed by atoms with Crippen LogP contribution in [-0.2, 0) is 12.8 Å². The zero-order valence-corrected chi connectivity index (χ0v) is 18.9. The molecule has 4 heteroatoms. The van der Waals surface area contributed by atoms with Crippen molar-refractivity contribution in [2.75, 3.05) is 19.6 Å².